The third-order valence-corrected chi connectivity index (χ3v) is 7.77. The minimum atomic E-state index is -0.553. The number of benzene rings is 2. The molecule has 5 aliphatic rings. The molecule has 1 saturated heterocycles. The van der Waals surface area contributed by atoms with Gasteiger partial charge in [-0.1, -0.05) is 29.8 Å². The van der Waals surface area contributed by atoms with Crippen molar-refractivity contribution >= 4 is 35.1 Å². The lowest BCUT2D eigenvalue weighted by atomic mass is 9.63. The van der Waals surface area contributed by atoms with Crippen LogP contribution in [-0.4, -0.2) is 17.8 Å². The summed E-state index contributed by atoms with van der Waals surface area (Å²) in [7, 11) is 0. The van der Waals surface area contributed by atoms with E-state index in [2.05, 4.69) is 12.2 Å². The van der Waals surface area contributed by atoms with Gasteiger partial charge in [0.25, 0.3) is 0 Å². The Morgan fingerprint density at radius 3 is 2.32 bits per heavy atom. The molecule has 2 amide bonds. The van der Waals surface area contributed by atoms with E-state index in [1.54, 1.807) is 42.5 Å². The number of carbonyl (C=O) groups excluding carboxylic acids is 3. The number of nitrogens with zero attached hydrogens (tertiary/aromatic N) is 1. The molecule has 0 spiro atoms. The molecule has 31 heavy (non-hydrogen) atoms. The van der Waals surface area contributed by atoms with Crippen molar-refractivity contribution in [3.05, 3.63) is 70.8 Å². The molecule has 2 aromatic rings. The fraction of sp³-hybridized carbons (Fsp3) is 0.320. The van der Waals surface area contributed by atoms with Crippen molar-refractivity contribution in [1.82, 2.24) is 0 Å². The minimum Gasteiger partial charge on any atom is -0.423 e. The van der Waals surface area contributed by atoms with Crippen molar-refractivity contribution in [3.8, 4) is 5.75 Å². The van der Waals surface area contributed by atoms with Gasteiger partial charge in [-0.2, -0.15) is 0 Å². The van der Waals surface area contributed by atoms with Crippen molar-refractivity contribution in [1.29, 1.82) is 0 Å². The number of halogens is 1. The highest BCUT2D eigenvalue weighted by Crippen LogP contribution is 2.65. The topological polar surface area (TPSA) is 63.7 Å². The Labute approximate surface area is 184 Å². The molecular formula is C25H20ClNO4. The predicted octanol–water partition coefficient (Wildman–Crippen LogP) is 4.43. The Morgan fingerprint density at radius 2 is 1.68 bits per heavy atom. The van der Waals surface area contributed by atoms with Gasteiger partial charge in [-0.25, -0.2) is 9.69 Å². The first-order valence-electron chi connectivity index (χ1n) is 10.6. The van der Waals surface area contributed by atoms with Crippen LogP contribution in [0.25, 0.3) is 0 Å². The largest absolute Gasteiger partial charge is 0.423 e. The number of anilines is 1. The zero-order chi connectivity index (χ0) is 21.4. The second-order valence-corrected chi connectivity index (χ2v) is 9.42. The Kier molecular flexibility index (Phi) is 3.97. The number of hydrogen-bond acceptors (Lipinski definition) is 4. The van der Waals surface area contributed by atoms with Crippen LogP contribution in [0.5, 0.6) is 5.75 Å². The van der Waals surface area contributed by atoms with Crippen LogP contribution in [0.15, 0.2) is 54.6 Å². The SMILES string of the molecule is Cc1cc(OC(=O)c2cccc(N3C(=O)[C@@H]4[C@H]5C=C[C@@H]([C@@H]6C[C@@H]56)[C@H]4C3=O)c2)ccc1Cl. The molecule has 2 saturated carbocycles. The highest BCUT2D eigenvalue weighted by atomic mass is 35.5. The number of carbonyl (C=O) groups is 3. The zero-order valence-corrected chi connectivity index (χ0v) is 17.6. The molecule has 1 aliphatic heterocycles. The first-order valence-corrected chi connectivity index (χ1v) is 11.0. The van der Waals surface area contributed by atoms with E-state index in [-0.39, 0.29) is 41.0 Å². The monoisotopic (exact) mass is 433 g/mol. The van der Waals surface area contributed by atoms with Gasteiger partial charge < -0.3 is 4.74 Å². The van der Waals surface area contributed by atoms with Gasteiger partial charge in [-0.15, -0.1) is 0 Å². The van der Waals surface area contributed by atoms with Crippen molar-refractivity contribution in [3.63, 3.8) is 0 Å². The van der Waals surface area contributed by atoms with Crippen LogP contribution in [0.3, 0.4) is 0 Å². The number of allylic oxidation sites excluding steroid dienone is 2. The normalized spacial score (nSPS) is 32.1. The Hall–Kier alpha value is -2.92. The van der Waals surface area contributed by atoms with E-state index in [0.29, 0.717) is 28.3 Å². The summed E-state index contributed by atoms with van der Waals surface area (Å²) in [6.07, 6.45) is 5.43. The molecule has 0 unspecified atom stereocenters. The van der Waals surface area contributed by atoms with Gasteiger partial charge in [-0.3, -0.25) is 9.59 Å². The highest BCUT2D eigenvalue weighted by Gasteiger charge is 2.67. The van der Waals surface area contributed by atoms with Crippen molar-refractivity contribution in [2.75, 3.05) is 4.90 Å². The van der Waals surface area contributed by atoms with E-state index in [1.165, 1.54) is 4.90 Å². The summed E-state index contributed by atoms with van der Waals surface area (Å²) in [5.74, 6) is 0.469. The fourth-order valence-electron chi connectivity index (χ4n) is 5.83. The molecule has 6 heteroatoms. The number of aryl methyl sites for hydroxylation is 1. The van der Waals surface area contributed by atoms with Gasteiger partial charge in [0.15, 0.2) is 0 Å². The van der Waals surface area contributed by atoms with Crippen molar-refractivity contribution in [2.24, 2.45) is 35.5 Å². The molecule has 3 fully saturated rings. The summed E-state index contributed by atoms with van der Waals surface area (Å²) in [4.78, 5) is 40.6. The molecule has 4 aliphatic carbocycles. The second kappa shape index (κ2) is 6.54. The number of amides is 2. The number of rotatable bonds is 3. The molecule has 5 nitrogen and oxygen atoms in total. The Balaban J connectivity index is 1.28. The van der Waals surface area contributed by atoms with Crippen LogP contribution in [0.1, 0.15) is 22.3 Å². The second-order valence-electron chi connectivity index (χ2n) is 9.02. The quantitative estimate of drug-likeness (QED) is 0.311. The smallest absolute Gasteiger partial charge is 0.343 e. The number of esters is 1. The van der Waals surface area contributed by atoms with Gasteiger partial charge >= 0.3 is 5.97 Å². The molecule has 2 aromatic carbocycles. The third-order valence-electron chi connectivity index (χ3n) is 7.34. The van der Waals surface area contributed by atoms with Crippen LogP contribution in [-0.2, 0) is 9.59 Å². The standard InChI is InChI=1S/C25H20ClNO4/c1-12-9-15(5-8-20(12)26)31-25(30)13-3-2-4-14(10-13)27-23(28)21-16-6-7-17(19-11-18(16)19)22(21)24(27)29/h2-10,16-19,21-22H,11H2,1H3/t16-,17-,18-,19-,21+,22+/m0/s1. The van der Waals surface area contributed by atoms with Crippen LogP contribution in [0.4, 0.5) is 5.69 Å². The van der Waals surface area contributed by atoms with Gasteiger partial charge in [0.1, 0.15) is 5.75 Å². The van der Waals surface area contributed by atoms with Crippen LogP contribution in [0, 0.1) is 42.4 Å². The van der Waals surface area contributed by atoms with E-state index in [1.807, 2.05) is 6.92 Å². The van der Waals surface area contributed by atoms with Gasteiger partial charge in [0.2, 0.25) is 11.8 Å². The summed E-state index contributed by atoms with van der Waals surface area (Å²) in [5, 5.41) is 0.593. The minimum absolute atomic E-state index is 0.140. The Bertz CT molecular complexity index is 1150. The third kappa shape index (κ3) is 2.72. The van der Waals surface area contributed by atoms with E-state index in [0.717, 1.165) is 12.0 Å². The highest BCUT2D eigenvalue weighted by molar-refractivity contribution is 6.31. The summed E-state index contributed by atoms with van der Waals surface area (Å²) < 4.78 is 5.47. The predicted molar refractivity (Wildman–Crippen MR) is 115 cm³/mol. The number of ether oxygens (including phenoxy) is 1. The first kappa shape index (κ1) is 18.8. The summed E-state index contributed by atoms with van der Waals surface area (Å²) in [5.41, 5.74) is 1.52. The van der Waals surface area contributed by atoms with Crippen LogP contribution < -0.4 is 9.64 Å². The van der Waals surface area contributed by atoms with Crippen molar-refractivity contribution in [2.45, 2.75) is 13.3 Å². The van der Waals surface area contributed by atoms with Crippen molar-refractivity contribution < 1.29 is 19.1 Å². The zero-order valence-electron chi connectivity index (χ0n) is 16.8. The lowest BCUT2D eigenvalue weighted by Gasteiger charge is -2.37. The molecule has 156 valence electrons. The van der Waals surface area contributed by atoms with Crippen LogP contribution in [0.2, 0.25) is 5.02 Å². The lowest BCUT2D eigenvalue weighted by molar-refractivity contribution is -0.124. The van der Waals surface area contributed by atoms with E-state index in [9.17, 15) is 14.4 Å². The number of hydrogen-bond donors (Lipinski definition) is 0. The van der Waals surface area contributed by atoms with Gasteiger partial charge in [0.05, 0.1) is 23.1 Å². The average Bonchev–Trinajstić information content (AvgIpc) is 3.54. The maximum Gasteiger partial charge on any atom is 0.343 e. The van der Waals surface area contributed by atoms with Gasteiger partial charge in [-0.05, 0) is 79.0 Å². The Morgan fingerprint density at radius 1 is 1.00 bits per heavy atom. The molecule has 7 rings (SSSR count). The summed E-state index contributed by atoms with van der Waals surface area (Å²) >= 11 is 6.03. The van der Waals surface area contributed by atoms with E-state index in [4.69, 9.17) is 16.3 Å². The fourth-order valence-corrected chi connectivity index (χ4v) is 5.95. The lowest BCUT2D eigenvalue weighted by Crippen LogP contribution is -2.40. The first-order chi connectivity index (χ1) is 14.9. The molecular weight excluding hydrogens is 414 g/mol. The molecule has 0 N–H and O–H groups in total. The maximum absolute atomic E-state index is 13.3. The molecule has 1 heterocycles. The maximum atomic E-state index is 13.3. The molecule has 6 atom stereocenters. The number of imide groups is 1. The summed E-state index contributed by atoms with van der Waals surface area (Å²) in [6.45, 7) is 1.83. The van der Waals surface area contributed by atoms with E-state index < -0.39 is 5.97 Å². The molecule has 0 aromatic heterocycles. The van der Waals surface area contributed by atoms with Gasteiger partial charge in [0, 0.05) is 5.02 Å². The summed E-state index contributed by atoms with van der Waals surface area (Å²) in [6, 6.07) is 11.5. The van der Waals surface area contributed by atoms with Crippen LogP contribution >= 0.6 is 11.6 Å². The average molecular weight is 434 g/mol. The molecule has 0 radical (unpaired) electrons. The van der Waals surface area contributed by atoms with E-state index >= 15 is 0 Å². The molecule has 2 bridgehead atoms.